The quantitative estimate of drug-likeness (QED) is 0.821. The van der Waals surface area contributed by atoms with E-state index in [1.165, 1.54) is 5.56 Å². The van der Waals surface area contributed by atoms with Crippen LogP contribution in [0.3, 0.4) is 0 Å². The number of rotatable bonds is 7. The topological polar surface area (TPSA) is 41.5 Å². The molecular formula is C18H23NO2. The first-order chi connectivity index (χ1) is 10.2. The molecule has 0 aliphatic heterocycles. The average molecular weight is 285 g/mol. The molecule has 21 heavy (non-hydrogen) atoms. The van der Waals surface area contributed by atoms with Gasteiger partial charge >= 0.3 is 0 Å². The Labute approximate surface area is 126 Å². The lowest BCUT2D eigenvalue weighted by molar-refractivity contribution is 0.104. The van der Waals surface area contributed by atoms with E-state index in [2.05, 4.69) is 24.4 Å². The van der Waals surface area contributed by atoms with Gasteiger partial charge < -0.3 is 15.2 Å². The molecule has 0 spiro atoms. The van der Waals surface area contributed by atoms with Crippen LogP contribution in [0.2, 0.25) is 0 Å². The second-order valence-corrected chi connectivity index (χ2v) is 5.27. The Morgan fingerprint density at radius 3 is 2.43 bits per heavy atom. The molecule has 2 aromatic carbocycles. The molecule has 2 aromatic rings. The van der Waals surface area contributed by atoms with Gasteiger partial charge in [-0.25, -0.2) is 0 Å². The van der Waals surface area contributed by atoms with Gasteiger partial charge in [-0.15, -0.1) is 0 Å². The van der Waals surface area contributed by atoms with Gasteiger partial charge in [0.15, 0.2) is 0 Å². The monoisotopic (exact) mass is 285 g/mol. The molecule has 0 aromatic heterocycles. The Hall–Kier alpha value is -1.84. The third kappa shape index (κ3) is 4.88. The van der Waals surface area contributed by atoms with Gasteiger partial charge in [-0.05, 0) is 31.0 Å². The summed E-state index contributed by atoms with van der Waals surface area (Å²) in [4.78, 5) is 0. The smallest absolute Gasteiger partial charge is 0.122 e. The highest BCUT2D eigenvalue weighted by Crippen LogP contribution is 2.16. The molecule has 2 N–H and O–H groups in total. The van der Waals surface area contributed by atoms with E-state index < -0.39 is 6.10 Å². The van der Waals surface area contributed by atoms with Crippen molar-refractivity contribution in [3.05, 3.63) is 65.7 Å². The van der Waals surface area contributed by atoms with Crippen molar-refractivity contribution in [2.24, 2.45) is 0 Å². The molecule has 3 nitrogen and oxygen atoms in total. The summed E-state index contributed by atoms with van der Waals surface area (Å²) < 4.78 is 5.65. The fraction of sp³-hybridized carbons (Fsp3) is 0.333. The van der Waals surface area contributed by atoms with Gasteiger partial charge in [-0.2, -0.15) is 0 Å². The summed E-state index contributed by atoms with van der Waals surface area (Å²) in [5, 5.41) is 13.3. The third-order valence-electron chi connectivity index (χ3n) is 3.48. The van der Waals surface area contributed by atoms with Crippen LogP contribution in [-0.4, -0.2) is 24.4 Å². The first-order valence-corrected chi connectivity index (χ1v) is 7.31. The van der Waals surface area contributed by atoms with E-state index in [9.17, 15) is 5.11 Å². The van der Waals surface area contributed by atoms with Crippen LogP contribution in [0.4, 0.5) is 0 Å². The maximum atomic E-state index is 10.0. The Morgan fingerprint density at radius 1 is 1.05 bits per heavy atom. The molecule has 0 saturated heterocycles. The van der Waals surface area contributed by atoms with Crippen molar-refractivity contribution >= 4 is 0 Å². The molecule has 112 valence electrons. The molecule has 0 bridgehead atoms. The molecule has 0 aliphatic rings. The number of ether oxygens (including phenoxy) is 1. The summed E-state index contributed by atoms with van der Waals surface area (Å²) in [6.07, 6.45) is -0.532. The van der Waals surface area contributed by atoms with Crippen molar-refractivity contribution in [1.82, 2.24) is 5.32 Å². The summed E-state index contributed by atoms with van der Waals surface area (Å²) in [7, 11) is 0. The van der Waals surface area contributed by atoms with Crippen LogP contribution in [0.5, 0.6) is 5.75 Å². The van der Waals surface area contributed by atoms with Crippen LogP contribution in [0.15, 0.2) is 54.6 Å². The van der Waals surface area contributed by atoms with Crippen molar-refractivity contribution < 1.29 is 9.84 Å². The minimum Gasteiger partial charge on any atom is -0.491 e. The largest absolute Gasteiger partial charge is 0.491 e. The minimum absolute atomic E-state index is 0.208. The number of nitrogens with one attached hydrogen (secondary N) is 1. The van der Waals surface area contributed by atoms with Crippen molar-refractivity contribution in [1.29, 1.82) is 0 Å². The lowest BCUT2D eigenvalue weighted by Gasteiger charge is -2.18. The van der Waals surface area contributed by atoms with Gasteiger partial charge in [0.1, 0.15) is 18.5 Å². The van der Waals surface area contributed by atoms with Crippen LogP contribution < -0.4 is 10.1 Å². The molecule has 0 heterocycles. The van der Waals surface area contributed by atoms with Crippen LogP contribution in [0, 0.1) is 6.92 Å². The molecule has 0 amide bonds. The first-order valence-electron chi connectivity index (χ1n) is 7.31. The molecule has 0 aliphatic carbocycles. The molecule has 3 heteroatoms. The predicted molar refractivity (Wildman–Crippen MR) is 85.5 cm³/mol. The summed E-state index contributed by atoms with van der Waals surface area (Å²) >= 11 is 0. The Bertz CT molecular complexity index is 542. The number of aliphatic hydroxyl groups excluding tert-OH is 1. The van der Waals surface area contributed by atoms with Crippen molar-refractivity contribution in [2.45, 2.75) is 26.0 Å². The molecule has 2 atom stereocenters. The zero-order valence-corrected chi connectivity index (χ0v) is 12.6. The van der Waals surface area contributed by atoms with Crippen LogP contribution >= 0.6 is 0 Å². The predicted octanol–water partition coefficient (Wildman–Crippen LogP) is 3.09. The maximum Gasteiger partial charge on any atom is 0.122 e. The Kier molecular flexibility index (Phi) is 5.78. The fourth-order valence-corrected chi connectivity index (χ4v) is 2.14. The third-order valence-corrected chi connectivity index (χ3v) is 3.48. The van der Waals surface area contributed by atoms with Gasteiger partial charge in [-0.1, -0.05) is 48.5 Å². The summed E-state index contributed by atoms with van der Waals surface area (Å²) in [6.45, 7) is 4.88. The summed E-state index contributed by atoms with van der Waals surface area (Å²) in [5.74, 6) is 0.827. The van der Waals surface area contributed by atoms with E-state index >= 15 is 0 Å². The molecule has 0 radical (unpaired) electrons. The van der Waals surface area contributed by atoms with Gasteiger partial charge in [0.2, 0.25) is 0 Å². The van der Waals surface area contributed by atoms with Gasteiger partial charge in [0.05, 0.1) is 0 Å². The number of hydrogen-bond donors (Lipinski definition) is 2. The highest BCUT2D eigenvalue weighted by atomic mass is 16.5. The average Bonchev–Trinajstić information content (AvgIpc) is 2.52. The minimum atomic E-state index is -0.532. The van der Waals surface area contributed by atoms with E-state index in [1.54, 1.807) is 0 Å². The molecule has 0 fully saturated rings. The highest BCUT2D eigenvalue weighted by Gasteiger charge is 2.09. The normalized spacial score (nSPS) is 13.7. The molecule has 2 rings (SSSR count). The Balaban J connectivity index is 1.75. The summed E-state index contributed by atoms with van der Waals surface area (Å²) in [5.41, 5.74) is 2.29. The van der Waals surface area contributed by atoms with E-state index in [0.717, 1.165) is 11.3 Å². The second-order valence-electron chi connectivity index (χ2n) is 5.27. The van der Waals surface area contributed by atoms with Crippen molar-refractivity contribution in [3.63, 3.8) is 0 Å². The Morgan fingerprint density at radius 2 is 1.71 bits per heavy atom. The van der Waals surface area contributed by atoms with E-state index in [0.29, 0.717) is 13.2 Å². The number of hydrogen-bond acceptors (Lipinski definition) is 3. The van der Waals surface area contributed by atoms with Gasteiger partial charge in [0.25, 0.3) is 0 Å². The number of aryl methyl sites for hydroxylation is 1. The lowest BCUT2D eigenvalue weighted by Crippen LogP contribution is -2.33. The van der Waals surface area contributed by atoms with Crippen LogP contribution in [0.1, 0.15) is 24.1 Å². The van der Waals surface area contributed by atoms with Gasteiger partial charge in [-0.3, -0.25) is 0 Å². The van der Waals surface area contributed by atoms with Crippen molar-refractivity contribution in [3.8, 4) is 5.75 Å². The van der Waals surface area contributed by atoms with E-state index in [-0.39, 0.29) is 6.04 Å². The number of benzene rings is 2. The van der Waals surface area contributed by atoms with Crippen LogP contribution in [0.25, 0.3) is 0 Å². The van der Waals surface area contributed by atoms with Crippen LogP contribution in [-0.2, 0) is 0 Å². The zero-order chi connectivity index (χ0) is 15.1. The van der Waals surface area contributed by atoms with E-state index in [4.69, 9.17) is 4.74 Å². The van der Waals surface area contributed by atoms with E-state index in [1.807, 2.05) is 49.4 Å². The first kappa shape index (κ1) is 15.5. The zero-order valence-electron chi connectivity index (χ0n) is 12.6. The fourth-order valence-electron chi connectivity index (χ4n) is 2.14. The maximum absolute atomic E-state index is 10.0. The second kappa shape index (κ2) is 7.81. The molecular weight excluding hydrogens is 262 g/mol. The SMILES string of the molecule is Cc1ccccc1OCC(O)CNC(C)c1ccccc1. The highest BCUT2D eigenvalue weighted by molar-refractivity contribution is 5.31. The standard InChI is InChI=1S/C18H23NO2/c1-14-8-6-7-11-18(14)21-13-17(20)12-19-15(2)16-9-4-3-5-10-16/h3-11,15,17,19-20H,12-13H2,1-2H3. The van der Waals surface area contributed by atoms with Gasteiger partial charge in [0, 0.05) is 12.6 Å². The number of aliphatic hydroxyl groups is 1. The molecule has 0 saturated carbocycles. The number of para-hydroxylation sites is 1. The van der Waals surface area contributed by atoms with Crippen molar-refractivity contribution in [2.75, 3.05) is 13.2 Å². The molecule has 2 unspecified atom stereocenters. The summed E-state index contributed by atoms with van der Waals surface area (Å²) in [6, 6.07) is 18.2. The lowest BCUT2D eigenvalue weighted by atomic mass is 10.1.